The number of pyridine rings is 2. The summed E-state index contributed by atoms with van der Waals surface area (Å²) < 4.78 is 0. The maximum absolute atomic E-state index is 13.2. The molecule has 0 aliphatic carbocycles. The number of likely N-dealkylation sites (tertiary alicyclic amines) is 1. The molecule has 1 aliphatic heterocycles. The monoisotopic (exact) mass is 471 g/mol. The van der Waals surface area contributed by atoms with Gasteiger partial charge in [0, 0.05) is 37.4 Å². The topological polar surface area (TPSA) is 70.1 Å². The first-order valence-corrected chi connectivity index (χ1v) is 12.6. The van der Waals surface area contributed by atoms with Gasteiger partial charge in [0.2, 0.25) is 0 Å². The average molecular weight is 472 g/mol. The van der Waals surface area contributed by atoms with E-state index >= 15 is 0 Å². The molecule has 1 aromatic carbocycles. The fraction of sp³-hybridized carbons (Fsp3) is 0.414. The first-order chi connectivity index (χ1) is 16.9. The fourth-order valence-corrected chi connectivity index (χ4v) is 4.69. The molecule has 4 rings (SSSR count). The smallest absolute Gasteiger partial charge is 0.259 e. The highest BCUT2D eigenvalue weighted by atomic mass is 16.1. The Balaban J connectivity index is 1.49. The second-order valence-corrected chi connectivity index (χ2v) is 10.3. The van der Waals surface area contributed by atoms with Crippen molar-refractivity contribution < 1.29 is 4.79 Å². The molecule has 6 nitrogen and oxygen atoms in total. The number of rotatable bonds is 8. The molecule has 6 heteroatoms. The van der Waals surface area contributed by atoms with E-state index in [4.69, 9.17) is 0 Å². The third-order valence-electron chi connectivity index (χ3n) is 6.58. The van der Waals surface area contributed by atoms with Gasteiger partial charge in [0.25, 0.3) is 5.91 Å². The average Bonchev–Trinajstić information content (AvgIpc) is 2.87. The largest absolute Gasteiger partial charge is 0.365 e. The van der Waals surface area contributed by atoms with E-state index in [0.717, 1.165) is 24.2 Å². The molecular weight excluding hydrogens is 434 g/mol. The van der Waals surface area contributed by atoms with Crippen molar-refractivity contribution >= 4 is 17.4 Å². The highest BCUT2D eigenvalue weighted by molar-refractivity contribution is 6.07. The Morgan fingerprint density at radius 3 is 2.51 bits per heavy atom. The van der Waals surface area contributed by atoms with Gasteiger partial charge in [-0.2, -0.15) is 0 Å². The van der Waals surface area contributed by atoms with Crippen LogP contribution in [0, 0.1) is 0 Å². The van der Waals surface area contributed by atoms with E-state index in [2.05, 4.69) is 58.4 Å². The van der Waals surface area contributed by atoms with E-state index in [9.17, 15) is 4.79 Å². The molecule has 0 radical (unpaired) electrons. The number of nitrogens with one attached hydrogen (secondary N) is 2. The zero-order valence-electron chi connectivity index (χ0n) is 21.2. The van der Waals surface area contributed by atoms with Gasteiger partial charge >= 0.3 is 0 Å². The SMILES string of the molecule is CC(C)(C)c1ccc(NC(=O)c2cccnc2NCc2ccncc2)cc1CCN1CCCCC1. The number of anilines is 2. The summed E-state index contributed by atoms with van der Waals surface area (Å²) in [5.74, 6) is 0.402. The van der Waals surface area contributed by atoms with Crippen LogP contribution >= 0.6 is 0 Å². The summed E-state index contributed by atoms with van der Waals surface area (Å²) in [7, 11) is 0. The number of carbonyl (C=O) groups is 1. The molecule has 0 bridgehead atoms. The predicted molar refractivity (Wildman–Crippen MR) is 143 cm³/mol. The molecule has 2 N–H and O–H groups in total. The van der Waals surface area contributed by atoms with Crippen molar-refractivity contribution in [1.82, 2.24) is 14.9 Å². The molecule has 3 heterocycles. The Hall–Kier alpha value is -3.25. The zero-order valence-corrected chi connectivity index (χ0v) is 21.2. The van der Waals surface area contributed by atoms with Crippen LogP contribution in [-0.2, 0) is 18.4 Å². The van der Waals surface area contributed by atoms with E-state index in [1.807, 2.05) is 18.2 Å². The summed E-state index contributed by atoms with van der Waals surface area (Å²) in [6, 6.07) is 13.8. The van der Waals surface area contributed by atoms with Gasteiger partial charge in [-0.1, -0.05) is 33.3 Å². The molecule has 0 atom stereocenters. The molecular formula is C29H37N5O. The number of aromatic nitrogens is 2. The second kappa shape index (κ2) is 11.5. The minimum Gasteiger partial charge on any atom is -0.365 e. The number of hydrogen-bond donors (Lipinski definition) is 2. The van der Waals surface area contributed by atoms with E-state index in [-0.39, 0.29) is 11.3 Å². The Morgan fingerprint density at radius 2 is 1.77 bits per heavy atom. The van der Waals surface area contributed by atoms with Crippen molar-refractivity contribution in [2.75, 3.05) is 30.3 Å². The van der Waals surface area contributed by atoms with Crippen molar-refractivity contribution in [2.24, 2.45) is 0 Å². The Morgan fingerprint density at radius 1 is 1.00 bits per heavy atom. The molecule has 184 valence electrons. The van der Waals surface area contributed by atoms with Crippen LogP contribution in [-0.4, -0.2) is 40.4 Å². The number of nitrogens with zero attached hydrogens (tertiary/aromatic N) is 3. The van der Waals surface area contributed by atoms with E-state index < -0.39 is 0 Å². The molecule has 0 spiro atoms. The van der Waals surface area contributed by atoms with Gasteiger partial charge in [-0.05, 0) is 90.9 Å². The lowest BCUT2D eigenvalue weighted by atomic mass is 9.82. The first-order valence-electron chi connectivity index (χ1n) is 12.6. The Labute approximate surface area is 209 Å². The number of hydrogen-bond acceptors (Lipinski definition) is 5. The van der Waals surface area contributed by atoms with Crippen LogP contribution < -0.4 is 10.6 Å². The first kappa shape index (κ1) is 24.9. The predicted octanol–water partition coefficient (Wildman–Crippen LogP) is 5.67. The molecule has 2 aromatic heterocycles. The van der Waals surface area contributed by atoms with Gasteiger partial charge in [0.1, 0.15) is 5.82 Å². The molecule has 1 aliphatic rings. The summed E-state index contributed by atoms with van der Waals surface area (Å²) >= 11 is 0. The highest BCUT2D eigenvalue weighted by Gasteiger charge is 2.20. The van der Waals surface area contributed by atoms with Gasteiger partial charge in [-0.25, -0.2) is 4.98 Å². The van der Waals surface area contributed by atoms with Crippen LogP contribution in [0.3, 0.4) is 0 Å². The molecule has 35 heavy (non-hydrogen) atoms. The van der Waals surface area contributed by atoms with E-state index in [0.29, 0.717) is 17.9 Å². The number of carbonyl (C=O) groups excluding carboxylic acids is 1. The highest BCUT2D eigenvalue weighted by Crippen LogP contribution is 2.29. The maximum atomic E-state index is 13.2. The maximum Gasteiger partial charge on any atom is 0.259 e. The van der Waals surface area contributed by atoms with Crippen molar-refractivity contribution in [3.63, 3.8) is 0 Å². The van der Waals surface area contributed by atoms with Crippen LogP contribution in [0.2, 0.25) is 0 Å². The number of amides is 1. The van der Waals surface area contributed by atoms with Crippen LogP contribution in [0.1, 0.15) is 67.1 Å². The van der Waals surface area contributed by atoms with Crippen LogP contribution in [0.4, 0.5) is 11.5 Å². The molecule has 3 aromatic rings. The second-order valence-electron chi connectivity index (χ2n) is 10.3. The molecule has 0 unspecified atom stereocenters. The Bertz CT molecular complexity index is 1120. The quantitative estimate of drug-likeness (QED) is 0.443. The molecule has 1 amide bonds. The minimum absolute atomic E-state index is 0.0488. The summed E-state index contributed by atoms with van der Waals surface area (Å²) in [5.41, 5.74) is 5.12. The molecule has 0 saturated carbocycles. The summed E-state index contributed by atoms with van der Waals surface area (Å²) in [6.45, 7) is 10.8. The van der Waals surface area contributed by atoms with E-state index in [1.165, 1.54) is 43.5 Å². The third-order valence-corrected chi connectivity index (χ3v) is 6.58. The summed E-state index contributed by atoms with van der Waals surface area (Å²) in [6.07, 6.45) is 10.1. The number of benzene rings is 1. The number of piperidine rings is 1. The lowest BCUT2D eigenvalue weighted by Gasteiger charge is -2.28. The zero-order chi connectivity index (χ0) is 24.7. The fourth-order valence-electron chi connectivity index (χ4n) is 4.69. The third kappa shape index (κ3) is 6.89. The van der Waals surface area contributed by atoms with Crippen LogP contribution in [0.25, 0.3) is 0 Å². The summed E-state index contributed by atoms with van der Waals surface area (Å²) in [5, 5.41) is 6.40. The van der Waals surface area contributed by atoms with Crippen molar-refractivity contribution in [1.29, 1.82) is 0 Å². The van der Waals surface area contributed by atoms with Crippen molar-refractivity contribution in [3.05, 3.63) is 83.3 Å². The van der Waals surface area contributed by atoms with Gasteiger partial charge in [0.15, 0.2) is 0 Å². The summed E-state index contributed by atoms with van der Waals surface area (Å²) in [4.78, 5) is 24.3. The van der Waals surface area contributed by atoms with Gasteiger partial charge < -0.3 is 15.5 Å². The standard InChI is InChI=1S/C29H37N5O/c1-29(2,3)26-10-9-24(20-23(26)13-19-34-17-5-4-6-18-34)33-28(35)25-8-7-14-31-27(25)32-21-22-11-15-30-16-12-22/h7-12,14-16,20H,4-6,13,17-19,21H2,1-3H3,(H,31,32)(H,33,35). The van der Waals surface area contributed by atoms with Gasteiger partial charge in [-0.3, -0.25) is 9.78 Å². The van der Waals surface area contributed by atoms with E-state index in [1.54, 1.807) is 30.7 Å². The van der Waals surface area contributed by atoms with Crippen molar-refractivity contribution in [2.45, 2.75) is 58.4 Å². The van der Waals surface area contributed by atoms with Gasteiger partial charge in [-0.15, -0.1) is 0 Å². The van der Waals surface area contributed by atoms with Crippen LogP contribution in [0.15, 0.2) is 61.1 Å². The van der Waals surface area contributed by atoms with Gasteiger partial charge in [0.05, 0.1) is 5.56 Å². The lowest BCUT2D eigenvalue weighted by Crippen LogP contribution is -2.32. The normalized spacial score (nSPS) is 14.5. The molecule has 1 saturated heterocycles. The van der Waals surface area contributed by atoms with Crippen molar-refractivity contribution in [3.8, 4) is 0 Å². The van der Waals surface area contributed by atoms with Crippen LogP contribution in [0.5, 0.6) is 0 Å². The minimum atomic E-state index is -0.166. The molecule has 1 fully saturated rings. The Kier molecular flexibility index (Phi) is 8.13. The lowest BCUT2D eigenvalue weighted by molar-refractivity contribution is 0.102.